The topological polar surface area (TPSA) is 95.1 Å². The fourth-order valence-corrected chi connectivity index (χ4v) is 1.23. The molecule has 1 aromatic heterocycles. The Morgan fingerprint density at radius 3 is 2.71 bits per heavy atom. The number of carbonyl (C=O) groups is 1. The van der Waals surface area contributed by atoms with Crippen molar-refractivity contribution in [2.75, 3.05) is 6.54 Å². The van der Waals surface area contributed by atoms with Crippen LogP contribution in [-0.4, -0.2) is 33.2 Å². The number of carbonyl (C=O) groups excluding carboxylic acids is 1. The number of hydrogen-bond acceptors (Lipinski definition) is 5. The number of ether oxygens (including phenoxy) is 1. The maximum absolute atomic E-state index is 11.6. The van der Waals surface area contributed by atoms with Gasteiger partial charge in [0.05, 0.1) is 12.2 Å². The third-order valence-electron chi connectivity index (χ3n) is 1.90. The van der Waals surface area contributed by atoms with Crippen molar-refractivity contribution in [3.63, 3.8) is 0 Å². The number of aryl methyl sites for hydroxylation is 1. The van der Waals surface area contributed by atoms with Crippen LogP contribution in [0.1, 0.15) is 32.5 Å². The summed E-state index contributed by atoms with van der Waals surface area (Å²) in [4.78, 5) is 11.6. The maximum atomic E-state index is 11.6. The predicted octanol–water partition coefficient (Wildman–Crippen LogP) is 0.340. The molecule has 1 aromatic rings. The van der Waals surface area contributed by atoms with Crippen molar-refractivity contribution >= 4 is 6.09 Å². The fraction of sp³-hybridized carbons (Fsp3) is 0.700. The molecule has 1 unspecified atom stereocenters. The van der Waals surface area contributed by atoms with Gasteiger partial charge in [0, 0.05) is 13.6 Å². The first-order chi connectivity index (χ1) is 7.81. The largest absolute Gasteiger partial charge is 0.444 e. The van der Waals surface area contributed by atoms with Crippen molar-refractivity contribution < 1.29 is 9.53 Å². The average molecular weight is 241 g/mol. The molecule has 0 bridgehead atoms. The van der Waals surface area contributed by atoms with E-state index < -0.39 is 17.7 Å². The third-order valence-corrected chi connectivity index (χ3v) is 1.90. The van der Waals surface area contributed by atoms with E-state index in [1.165, 1.54) is 0 Å². The summed E-state index contributed by atoms with van der Waals surface area (Å²) in [5.74, 6) is 0. The van der Waals surface area contributed by atoms with Gasteiger partial charge in [-0.05, 0) is 20.8 Å². The minimum atomic E-state index is -0.536. The smallest absolute Gasteiger partial charge is 0.408 e. The van der Waals surface area contributed by atoms with Gasteiger partial charge < -0.3 is 15.8 Å². The molecule has 1 amide bonds. The van der Waals surface area contributed by atoms with Crippen molar-refractivity contribution in [2.45, 2.75) is 32.4 Å². The van der Waals surface area contributed by atoms with Gasteiger partial charge in [-0.25, -0.2) is 4.79 Å². The van der Waals surface area contributed by atoms with Gasteiger partial charge in [0.1, 0.15) is 11.3 Å². The zero-order valence-electron chi connectivity index (χ0n) is 10.6. The van der Waals surface area contributed by atoms with E-state index in [1.54, 1.807) is 38.7 Å². The molecule has 0 spiro atoms. The Morgan fingerprint density at radius 1 is 1.65 bits per heavy atom. The molecule has 0 aliphatic carbocycles. The number of aromatic nitrogens is 3. The van der Waals surface area contributed by atoms with Gasteiger partial charge in [-0.1, -0.05) is 5.21 Å². The average Bonchev–Trinajstić information content (AvgIpc) is 2.58. The SMILES string of the molecule is Cn1cc(C(CN)NC(=O)OC(C)(C)C)nn1. The van der Waals surface area contributed by atoms with E-state index >= 15 is 0 Å². The molecule has 0 aliphatic rings. The van der Waals surface area contributed by atoms with Crippen molar-refractivity contribution in [1.29, 1.82) is 0 Å². The Balaban J connectivity index is 2.62. The molecule has 17 heavy (non-hydrogen) atoms. The molecular formula is C10H19N5O2. The molecule has 3 N–H and O–H groups in total. The highest BCUT2D eigenvalue weighted by atomic mass is 16.6. The number of rotatable bonds is 3. The molecule has 0 aliphatic heterocycles. The second kappa shape index (κ2) is 5.13. The van der Waals surface area contributed by atoms with Crippen LogP contribution in [0.15, 0.2) is 6.20 Å². The number of nitrogens with two attached hydrogens (primary N) is 1. The molecule has 0 saturated heterocycles. The van der Waals surface area contributed by atoms with Crippen molar-refractivity contribution in [3.8, 4) is 0 Å². The molecule has 0 fully saturated rings. The monoisotopic (exact) mass is 241 g/mol. The summed E-state index contributed by atoms with van der Waals surface area (Å²) < 4.78 is 6.69. The van der Waals surface area contributed by atoms with E-state index in [1.807, 2.05) is 0 Å². The minimum absolute atomic E-state index is 0.234. The number of nitrogens with one attached hydrogen (secondary N) is 1. The lowest BCUT2D eigenvalue weighted by Crippen LogP contribution is -2.37. The summed E-state index contributed by atoms with van der Waals surface area (Å²) in [6, 6.07) is -0.390. The lowest BCUT2D eigenvalue weighted by molar-refractivity contribution is 0.0504. The van der Waals surface area contributed by atoms with Crippen molar-refractivity contribution in [3.05, 3.63) is 11.9 Å². The van der Waals surface area contributed by atoms with Gasteiger partial charge in [0.25, 0.3) is 0 Å². The van der Waals surface area contributed by atoms with E-state index in [9.17, 15) is 4.79 Å². The Bertz CT molecular complexity index is 382. The van der Waals surface area contributed by atoms with Crippen molar-refractivity contribution in [2.24, 2.45) is 12.8 Å². The first-order valence-electron chi connectivity index (χ1n) is 5.37. The van der Waals surface area contributed by atoms with E-state index in [4.69, 9.17) is 10.5 Å². The van der Waals surface area contributed by atoms with E-state index in [-0.39, 0.29) is 6.54 Å². The quantitative estimate of drug-likeness (QED) is 0.795. The van der Waals surface area contributed by atoms with Crippen LogP contribution in [0.4, 0.5) is 4.79 Å². The number of amides is 1. The minimum Gasteiger partial charge on any atom is -0.444 e. The van der Waals surface area contributed by atoms with Gasteiger partial charge >= 0.3 is 6.09 Å². The van der Waals surface area contributed by atoms with Crippen LogP contribution in [0.2, 0.25) is 0 Å². The van der Waals surface area contributed by atoms with E-state index in [0.717, 1.165) is 0 Å². The summed E-state index contributed by atoms with van der Waals surface area (Å²) in [7, 11) is 1.75. The first-order valence-corrected chi connectivity index (χ1v) is 5.37. The highest BCUT2D eigenvalue weighted by Crippen LogP contribution is 2.10. The summed E-state index contributed by atoms with van der Waals surface area (Å²) in [6.45, 7) is 5.63. The van der Waals surface area contributed by atoms with Gasteiger partial charge in [-0.2, -0.15) is 0 Å². The number of hydrogen-bond donors (Lipinski definition) is 2. The van der Waals surface area contributed by atoms with E-state index in [0.29, 0.717) is 5.69 Å². The zero-order chi connectivity index (χ0) is 13.1. The lowest BCUT2D eigenvalue weighted by atomic mass is 10.2. The normalized spacial score (nSPS) is 13.2. The first kappa shape index (κ1) is 13.4. The summed E-state index contributed by atoms with van der Waals surface area (Å²) in [5.41, 5.74) is 5.65. The molecule has 1 heterocycles. The summed E-state index contributed by atoms with van der Waals surface area (Å²) in [6.07, 6.45) is 1.19. The molecule has 0 aromatic carbocycles. The second-order valence-electron chi connectivity index (χ2n) is 4.75. The van der Waals surface area contributed by atoms with Crippen molar-refractivity contribution in [1.82, 2.24) is 20.3 Å². The maximum Gasteiger partial charge on any atom is 0.408 e. The fourth-order valence-electron chi connectivity index (χ4n) is 1.23. The van der Waals surface area contributed by atoms with Gasteiger partial charge in [-0.3, -0.25) is 4.68 Å². The highest BCUT2D eigenvalue weighted by Gasteiger charge is 2.21. The molecule has 7 heteroatoms. The molecule has 96 valence electrons. The van der Waals surface area contributed by atoms with Crippen LogP contribution in [0.25, 0.3) is 0 Å². The van der Waals surface area contributed by atoms with Gasteiger partial charge in [0.2, 0.25) is 0 Å². The third kappa shape index (κ3) is 4.39. The van der Waals surface area contributed by atoms with Crippen LogP contribution in [0.3, 0.4) is 0 Å². The number of alkyl carbamates (subject to hydrolysis) is 1. The zero-order valence-corrected chi connectivity index (χ0v) is 10.6. The molecule has 0 radical (unpaired) electrons. The van der Waals surface area contributed by atoms with Crippen LogP contribution in [0.5, 0.6) is 0 Å². The second-order valence-corrected chi connectivity index (χ2v) is 4.75. The number of nitrogens with zero attached hydrogens (tertiary/aromatic N) is 3. The summed E-state index contributed by atoms with van der Waals surface area (Å²) >= 11 is 0. The molecule has 1 atom stereocenters. The Hall–Kier alpha value is -1.63. The van der Waals surface area contributed by atoms with Gasteiger partial charge in [-0.15, -0.1) is 5.10 Å². The highest BCUT2D eigenvalue weighted by molar-refractivity contribution is 5.68. The van der Waals surface area contributed by atoms with Crippen LogP contribution in [0, 0.1) is 0 Å². The summed E-state index contributed by atoms with van der Waals surface area (Å²) in [5, 5.41) is 10.3. The molecule has 1 rings (SSSR count). The molecule has 0 saturated carbocycles. The molecular weight excluding hydrogens is 222 g/mol. The van der Waals surface area contributed by atoms with Gasteiger partial charge in [0.15, 0.2) is 0 Å². The van der Waals surface area contributed by atoms with Crippen LogP contribution >= 0.6 is 0 Å². The van der Waals surface area contributed by atoms with Crippen LogP contribution in [-0.2, 0) is 11.8 Å². The lowest BCUT2D eigenvalue weighted by Gasteiger charge is -2.22. The predicted molar refractivity (Wildman–Crippen MR) is 62.2 cm³/mol. The van der Waals surface area contributed by atoms with Crippen LogP contribution < -0.4 is 11.1 Å². The molecule has 7 nitrogen and oxygen atoms in total. The van der Waals surface area contributed by atoms with E-state index in [2.05, 4.69) is 15.6 Å². The Kier molecular flexibility index (Phi) is 4.06. The Morgan fingerprint density at radius 2 is 2.29 bits per heavy atom. The standard InChI is InChI=1S/C10H19N5O2/c1-10(2,3)17-9(16)12-7(5-11)8-6-15(4)14-13-8/h6-7H,5,11H2,1-4H3,(H,12,16). The Labute approximate surface area is 100 Å².